The molecular weight excluding hydrogens is 470 g/mol. The van der Waals surface area contributed by atoms with Gasteiger partial charge in [0.05, 0.1) is 11.3 Å². The van der Waals surface area contributed by atoms with Crippen molar-refractivity contribution in [2.75, 3.05) is 36.4 Å². The molecule has 4 rings (SSSR count). The van der Waals surface area contributed by atoms with Gasteiger partial charge in [0.1, 0.15) is 5.82 Å². The van der Waals surface area contributed by atoms with E-state index in [1.165, 1.54) is 35.4 Å². The van der Waals surface area contributed by atoms with E-state index in [1.54, 1.807) is 6.07 Å². The summed E-state index contributed by atoms with van der Waals surface area (Å²) in [5, 5.41) is 5.61. The zero-order valence-electron chi connectivity index (χ0n) is 17.2. The summed E-state index contributed by atoms with van der Waals surface area (Å²) in [7, 11) is 0. The SMILES string of the molecule is O=C(Nc1ccccc1C(F)(F)F)N1CCN(c2ccc(-c3noc(C(F)(F)F)n3)cn2)CC1. The standard InChI is InChI=1S/C20H16F6N6O2/c21-19(22,23)13-3-1-2-4-14(13)28-18(33)32-9-7-31(8-10-32)15-6-5-12(11-27-15)16-29-17(34-30-16)20(24,25)26/h1-6,11H,7-10H2,(H,28,33). The van der Waals surface area contributed by atoms with Crippen LogP contribution < -0.4 is 10.2 Å². The minimum Gasteiger partial charge on any atom is -0.353 e. The number of carbonyl (C=O) groups is 1. The molecule has 0 spiro atoms. The van der Waals surface area contributed by atoms with Crippen LogP contribution in [0.1, 0.15) is 11.5 Å². The molecule has 1 fully saturated rings. The molecular formula is C20H16F6N6O2. The highest BCUT2D eigenvalue weighted by Gasteiger charge is 2.38. The maximum absolute atomic E-state index is 13.1. The van der Waals surface area contributed by atoms with Gasteiger partial charge in [-0.25, -0.2) is 9.78 Å². The molecule has 180 valence electrons. The molecule has 1 aliphatic rings. The van der Waals surface area contributed by atoms with Crippen LogP contribution in [0.25, 0.3) is 11.4 Å². The number of urea groups is 1. The molecule has 8 nitrogen and oxygen atoms in total. The third-order valence-electron chi connectivity index (χ3n) is 5.04. The first-order chi connectivity index (χ1) is 16.0. The van der Waals surface area contributed by atoms with E-state index >= 15 is 0 Å². The van der Waals surface area contributed by atoms with Crippen LogP contribution in [0.3, 0.4) is 0 Å². The lowest BCUT2D eigenvalue weighted by Gasteiger charge is -2.35. The highest BCUT2D eigenvalue weighted by Crippen LogP contribution is 2.34. The van der Waals surface area contributed by atoms with Crippen molar-refractivity contribution in [3.63, 3.8) is 0 Å². The number of halogens is 6. The second-order valence-corrected chi connectivity index (χ2v) is 7.27. The van der Waals surface area contributed by atoms with E-state index in [-0.39, 0.29) is 30.2 Å². The molecule has 2 amide bonds. The fourth-order valence-corrected chi connectivity index (χ4v) is 3.33. The van der Waals surface area contributed by atoms with E-state index in [4.69, 9.17) is 0 Å². The van der Waals surface area contributed by atoms with Crippen LogP contribution in [0, 0.1) is 0 Å². The summed E-state index contributed by atoms with van der Waals surface area (Å²) in [4.78, 5) is 23.2. The second kappa shape index (κ2) is 8.83. The summed E-state index contributed by atoms with van der Waals surface area (Å²) in [6, 6.07) is 7.11. The molecule has 1 saturated heterocycles. The number of carbonyl (C=O) groups excluding carboxylic acids is 1. The van der Waals surface area contributed by atoms with E-state index in [9.17, 15) is 31.1 Å². The van der Waals surface area contributed by atoms with Gasteiger partial charge in [0.2, 0.25) is 5.82 Å². The molecule has 1 aliphatic heterocycles. The Morgan fingerprint density at radius 1 is 0.941 bits per heavy atom. The summed E-state index contributed by atoms with van der Waals surface area (Å²) < 4.78 is 81.4. The van der Waals surface area contributed by atoms with Gasteiger partial charge in [-0.2, -0.15) is 31.3 Å². The van der Waals surface area contributed by atoms with Crippen molar-refractivity contribution < 1.29 is 35.7 Å². The lowest BCUT2D eigenvalue weighted by atomic mass is 10.1. The predicted molar refractivity (Wildman–Crippen MR) is 107 cm³/mol. The summed E-state index contributed by atoms with van der Waals surface area (Å²) in [6.07, 6.45) is -8.05. The fraction of sp³-hybridized carbons (Fsp3) is 0.300. The van der Waals surface area contributed by atoms with Crippen molar-refractivity contribution >= 4 is 17.5 Å². The molecule has 0 unspecified atom stereocenters. The molecule has 14 heteroatoms. The summed E-state index contributed by atoms with van der Waals surface area (Å²) in [6.45, 7) is 1.15. The number of anilines is 2. The maximum Gasteiger partial charge on any atom is 0.471 e. The number of rotatable bonds is 3. The Bertz CT molecular complexity index is 1150. The third kappa shape index (κ3) is 5.05. The van der Waals surface area contributed by atoms with Crippen LogP contribution in [0.2, 0.25) is 0 Å². The van der Waals surface area contributed by atoms with Gasteiger partial charge in [-0.1, -0.05) is 17.3 Å². The predicted octanol–water partition coefficient (Wildman–Crippen LogP) is 4.52. The maximum atomic E-state index is 13.1. The fourth-order valence-electron chi connectivity index (χ4n) is 3.33. The normalized spacial score (nSPS) is 14.9. The number of aromatic nitrogens is 3. The quantitative estimate of drug-likeness (QED) is 0.548. The Kier molecular flexibility index (Phi) is 6.06. The number of nitrogens with zero attached hydrogens (tertiary/aromatic N) is 5. The third-order valence-corrected chi connectivity index (χ3v) is 5.04. The molecule has 0 aliphatic carbocycles. The Morgan fingerprint density at radius 3 is 2.24 bits per heavy atom. The van der Waals surface area contributed by atoms with Gasteiger partial charge in [0, 0.05) is 37.9 Å². The van der Waals surface area contributed by atoms with Crippen LogP contribution in [-0.2, 0) is 12.4 Å². The van der Waals surface area contributed by atoms with Crippen molar-refractivity contribution in [1.82, 2.24) is 20.0 Å². The smallest absolute Gasteiger partial charge is 0.353 e. The zero-order valence-corrected chi connectivity index (χ0v) is 17.2. The average molecular weight is 486 g/mol. The van der Waals surface area contributed by atoms with Crippen molar-refractivity contribution in [3.8, 4) is 11.4 Å². The minimum absolute atomic E-state index is 0.225. The number of nitrogens with one attached hydrogen (secondary N) is 1. The number of pyridine rings is 1. The van der Waals surface area contributed by atoms with Gasteiger partial charge >= 0.3 is 24.3 Å². The first kappa shape index (κ1) is 23.3. The number of alkyl halides is 6. The number of amides is 2. The molecule has 2 aromatic heterocycles. The summed E-state index contributed by atoms with van der Waals surface area (Å²) >= 11 is 0. The molecule has 1 aromatic carbocycles. The lowest BCUT2D eigenvalue weighted by Crippen LogP contribution is -2.50. The number of para-hydroxylation sites is 1. The van der Waals surface area contributed by atoms with Crippen LogP contribution in [0.4, 0.5) is 42.6 Å². The molecule has 0 atom stereocenters. The van der Waals surface area contributed by atoms with Gasteiger partial charge in [-0.05, 0) is 24.3 Å². The average Bonchev–Trinajstić information content (AvgIpc) is 3.30. The molecule has 1 N–H and O–H groups in total. The minimum atomic E-state index is -4.75. The van der Waals surface area contributed by atoms with Gasteiger partial charge in [0.25, 0.3) is 0 Å². The van der Waals surface area contributed by atoms with Crippen LogP contribution in [0.5, 0.6) is 0 Å². The highest BCUT2D eigenvalue weighted by atomic mass is 19.4. The largest absolute Gasteiger partial charge is 0.471 e. The molecule has 0 saturated carbocycles. The number of piperazine rings is 1. The van der Waals surface area contributed by atoms with E-state index < -0.39 is 29.8 Å². The molecule has 34 heavy (non-hydrogen) atoms. The van der Waals surface area contributed by atoms with E-state index in [1.807, 2.05) is 4.90 Å². The Balaban J connectivity index is 1.36. The van der Waals surface area contributed by atoms with Crippen LogP contribution in [-0.4, -0.2) is 52.2 Å². The van der Waals surface area contributed by atoms with E-state index in [0.717, 1.165) is 6.07 Å². The van der Waals surface area contributed by atoms with Crippen LogP contribution >= 0.6 is 0 Å². The van der Waals surface area contributed by atoms with Gasteiger partial charge in [-0.3, -0.25) is 0 Å². The Hall–Kier alpha value is -3.84. The van der Waals surface area contributed by atoms with Crippen molar-refractivity contribution in [3.05, 3.63) is 54.0 Å². The summed E-state index contributed by atoms with van der Waals surface area (Å²) in [5.41, 5.74) is -1.03. The van der Waals surface area contributed by atoms with Gasteiger partial charge < -0.3 is 19.6 Å². The van der Waals surface area contributed by atoms with Gasteiger partial charge in [-0.15, -0.1) is 0 Å². The van der Waals surface area contributed by atoms with E-state index in [0.29, 0.717) is 18.9 Å². The molecule has 0 radical (unpaired) electrons. The molecule has 3 aromatic rings. The zero-order chi connectivity index (χ0) is 24.5. The van der Waals surface area contributed by atoms with Crippen molar-refractivity contribution in [1.29, 1.82) is 0 Å². The Morgan fingerprint density at radius 2 is 1.65 bits per heavy atom. The van der Waals surface area contributed by atoms with Crippen LogP contribution in [0.15, 0.2) is 47.1 Å². The van der Waals surface area contributed by atoms with Crippen molar-refractivity contribution in [2.24, 2.45) is 0 Å². The molecule has 3 heterocycles. The van der Waals surface area contributed by atoms with E-state index in [2.05, 4.69) is 25.0 Å². The topological polar surface area (TPSA) is 87.4 Å². The number of benzene rings is 1. The number of hydrogen-bond donors (Lipinski definition) is 1. The second-order valence-electron chi connectivity index (χ2n) is 7.27. The first-order valence-electron chi connectivity index (χ1n) is 9.87. The highest BCUT2D eigenvalue weighted by molar-refractivity contribution is 5.90. The molecule has 0 bridgehead atoms. The Labute approximate surface area is 188 Å². The summed E-state index contributed by atoms with van der Waals surface area (Å²) in [5.74, 6) is -1.21. The monoisotopic (exact) mass is 486 g/mol. The first-order valence-corrected chi connectivity index (χ1v) is 9.87. The number of hydrogen-bond acceptors (Lipinski definition) is 6. The van der Waals surface area contributed by atoms with Crippen molar-refractivity contribution in [2.45, 2.75) is 12.4 Å². The van der Waals surface area contributed by atoms with Gasteiger partial charge in [0.15, 0.2) is 0 Å². The lowest BCUT2D eigenvalue weighted by molar-refractivity contribution is -0.159.